The molecule has 130 valence electrons. The second kappa shape index (κ2) is 8.58. The predicted molar refractivity (Wildman–Crippen MR) is 94.5 cm³/mol. The Labute approximate surface area is 145 Å². The Bertz CT molecular complexity index is 755. The number of carbonyl (C=O) groups excluding carboxylic acids is 2. The van der Waals surface area contributed by atoms with E-state index in [9.17, 15) is 19.7 Å². The third-order valence-electron chi connectivity index (χ3n) is 3.62. The third kappa shape index (κ3) is 5.42. The van der Waals surface area contributed by atoms with Gasteiger partial charge in [0.2, 0.25) is 5.91 Å². The fraction of sp³-hybridized carbons (Fsp3) is 0.222. The summed E-state index contributed by atoms with van der Waals surface area (Å²) in [5, 5.41) is 15.9. The van der Waals surface area contributed by atoms with Crippen LogP contribution in [0.2, 0.25) is 0 Å². The van der Waals surface area contributed by atoms with Gasteiger partial charge in [-0.2, -0.15) is 0 Å². The first-order valence-electron chi connectivity index (χ1n) is 7.91. The van der Waals surface area contributed by atoms with Crippen LogP contribution < -0.4 is 10.6 Å². The molecule has 0 spiro atoms. The maximum atomic E-state index is 11.9. The van der Waals surface area contributed by atoms with Crippen LogP contribution in [-0.2, 0) is 11.2 Å². The van der Waals surface area contributed by atoms with Crippen LogP contribution in [0.1, 0.15) is 29.3 Å². The van der Waals surface area contributed by atoms with Crippen LogP contribution in [0.25, 0.3) is 0 Å². The van der Waals surface area contributed by atoms with Gasteiger partial charge < -0.3 is 10.6 Å². The number of hydrogen-bond donors (Lipinski definition) is 2. The average molecular weight is 341 g/mol. The molecule has 0 aliphatic rings. The first-order chi connectivity index (χ1) is 12.0. The number of rotatable bonds is 7. The van der Waals surface area contributed by atoms with E-state index in [2.05, 4.69) is 17.6 Å². The number of nitrogens with zero attached hydrogens (tertiary/aromatic N) is 1. The summed E-state index contributed by atoms with van der Waals surface area (Å²) in [6.45, 7) is 2.23. The van der Waals surface area contributed by atoms with Crippen LogP contribution in [0, 0.1) is 10.1 Å². The summed E-state index contributed by atoms with van der Waals surface area (Å²) in [6.07, 6.45) is 1.07. The summed E-state index contributed by atoms with van der Waals surface area (Å²) >= 11 is 0. The van der Waals surface area contributed by atoms with Crippen LogP contribution in [0.15, 0.2) is 48.5 Å². The van der Waals surface area contributed by atoms with E-state index in [1.807, 2.05) is 24.3 Å². The number of non-ortho nitro benzene ring substituents is 1. The van der Waals surface area contributed by atoms with Crippen molar-refractivity contribution >= 4 is 23.2 Å². The quantitative estimate of drug-likeness (QED) is 0.597. The molecule has 0 unspecified atom stereocenters. The number of nitro groups is 1. The maximum absolute atomic E-state index is 11.9. The van der Waals surface area contributed by atoms with E-state index in [1.165, 1.54) is 29.8 Å². The Morgan fingerprint density at radius 3 is 2.24 bits per heavy atom. The van der Waals surface area contributed by atoms with E-state index in [0.29, 0.717) is 11.3 Å². The Morgan fingerprint density at radius 2 is 1.68 bits per heavy atom. The molecule has 2 N–H and O–H groups in total. The molecular formula is C18H19N3O4. The van der Waals surface area contributed by atoms with Crippen molar-refractivity contribution in [2.45, 2.75) is 19.8 Å². The van der Waals surface area contributed by atoms with Crippen molar-refractivity contribution in [3.05, 3.63) is 69.8 Å². The maximum Gasteiger partial charge on any atom is 0.269 e. The van der Waals surface area contributed by atoms with Crippen LogP contribution in [0.3, 0.4) is 0 Å². The van der Waals surface area contributed by atoms with Crippen LogP contribution >= 0.6 is 0 Å². The highest BCUT2D eigenvalue weighted by molar-refractivity contribution is 5.95. The summed E-state index contributed by atoms with van der Waals surface area (Å²) in [7, 11) is 0. The number of amides is 2. The zero-order chi connectivity index (χ0) is 18.2. The van der Waals surface area contributed by atoms with E-state index in [1.54, 1.807) is 0 Å². The molecule has 0 saturated heterocycles. The van der Waals surface area contributed by atoms with Gasteiger partial charge in [-0.25, -0.2) is 0 Å². The molecule has 2 rings (SSSR count). The van der Waals surface area contributed by atoms with E-state index in [4.69, 9.17) is 0 Å². The summed E-state index contributed by atoms with van der Waals surface area (Å²) in [5.74, 6) is -0.580. The first-order valence-corrected chi connectivity index (χ1v) is 7.91. The summed E-state index contributed by atoms with van der Waals surface area (Å²) in [4.78, 5) is 33.8. The number of benzene rings is 2. The normalized spacial score (nSPS) is 10.1. The number of anilines is 1. The molecule has 0 aromatic heterocycles. The van der Waals surface area contributed by atoms with E-state index < -0.39 is 4.92 Å². The number of carbonyl (C=O) groups is 2. The Balaban J connectivity index is 1.77. The fourth-order valence-electron chi connectivity index (χ4n) is 2.17. The molecule has 2 aromatic rings. The monoisotopic (exact) mass is 341 g/mol. The lowest BCUT2D eigenvalue weighted by molar-refractivity contribution is -0.384. The minimum Gasteiger partial charge on any atom is -0.352 e. The molecular weight excluding hydrogens is 322 g/mol. The van der Waals surface area contributed by atoms with Gasteiger partial charge in [0.15, 0.2) is 0 Å². The SMILES string of the molecule is CCc1ccc(NC(=O)CCNC(=O)c2ccc([N+](=O)[O-])cc2)cc1. The Kier molecular flexibility index (Phi) is 6.22. The van der Waals surface area contributed by atoms with Gasteiger partial charge in [0.1, 0.15) is 0 Å². The van der Waals surface area contributed by atoms with Crippen molar-refractivity contribution in [2.75, 3.05) is 11.9 Å². The van der Waals surface area contributed by atoms with Crippen LogP contribution in [0.5, 0.6) is 0 Å². The highest BCUT2D eigenvalue weighted by atomic mass is 16.6. The lowest BCUT2D eigenvalue weighted by Crippen LogP contribution is -2.27. The van der Waals surface area contributed by atoms with Crippen molar-refractivity contribution in [1.29, 1.82) is 0 Å². The predicted octanol–water partition coefficient (Wildman–Crippen LogP) is 2.92. The fourth-order valence-corrected chi connectivity index (χ4v) is 2.17. The summed E-state index contributed by atoms with van der Waals surface area (Å²) in [6, 6.07) is 12.9. The molecule has 25 heavy (non-hydrogen) atoms. The molecule has 0 aliphatic heterocycles. The molecule has 7 heteroatoms. The van der Waals surface area contributed by atoms with E-state index >= 15 is 0 Å². The summed E-state index contributed by atoms with van der Waals surface area (Å²) in [5.41, 5.74) is 2.13. The van der Waals surface area contributed by atoms with Gasteiger partial charge >= 0.3 is 0 Å². The lowest BCUT2D eigenvalue weighted by Gasteiger charge is -2.07. The van der Waals surface area contributed by atoms with Crippen molar-refractivity contribution in [2.24, 2.45) is 0 Å². The Hall–Kier alpha value is -3.22. The Morgan fingerprint density at radius 1 is 1.04 bits per heavy atom. The van der Waals surface area contributed by atoms with Gasteiger partial charge in [-0.3, -0.25) is 19.7 Å². The van der Waals surface area contributed by atoms with Gasteiger partial charge in [-0.05, 0) is 36.2 Å². The highest BCUT2D eigenvalue weighted by Gasteiger charge is 2.10. The van der Waals surface area contributed by atoms with Crippen molar-refractivity contribution in [3.8, 4) is 0 Å². The zero-order valence-corrected chi connectivity index (χ0v) is 13.8. The molecule has 7 nitrogen and oxygen atoms in total. The molecule has 0 bridgehead atoms. The average Bonchev–Trinajstić information content (AvgIpc) is 2.62. The standard InChI is InChI=1S/C18H19N3O4/c1-2-13-3-7-15(8-4-13)20-17(22)11-12-19-18(23)14-5-9-16(10-6-14)21(24)25/h3-10H,2,11-12H2,1H3,(H,19,23)(H,20,22). The molecule has 2 amide bonds. The van der Waals surface area contributed by atoms with Gasteiger partial charge in [0.05, 0.1) is 4.92 Å². The second-order valence-corrected chi connectivity index (χ2v) is 5.41. The second-order valence-electron chi connectivity index (χ2n) is 5.41. The van der Waals surface area contributed by atoms with Crippen molar-refractivity contribution in [1.82, 2.24) is 5.32 Å². The summed E-state index contributed by atoms with van der Waals surface area (Å²) < 4.78 is 0. The molecule has 2 aromatic carbocycles. The smallest absolute Gasteiger partial charge is 0.269 e. The molecule has 0 radical (unpaired) electrons. The minimum absolute atomic E-state index is 0.0787. The molecule has 0 saturated carbocycles. The molecule has 0 aliphatic carbocycles. The number of aryl methyl sites for hydroxylation is 1. The number of hydrogen-bond acceptors (Lipinski definition) is 4. The number of nitrogens with one attached hydrogen (secondary N) is 2. The van der Waals surface area contributed by atoms with Crippen LogP contribution in [-0.4, -0.2) is 23.3 Å². The lowest BCUT2D eigenvalue weighted by atomic mass is 10.1. The highest BCUT2D eigenvalue weighted by Crippen LogP contribution is 2.12. The first kappa shape index (κ1) is 18.1. The van der Waals surface area contributed by atoms with Crippen LogP contribution in [0.4, 0.5) is 11.4 Å². The third-order valence-corrected chi connectivity index (χ3v) is 3.62. The van der Waals surface area contributed by atoms with Gasteiger partial charge in [0.25, 0.3) is 11.6 Å². The van der Waals surface area contributed by atoms with Crippen molar-refractivity contribution in [3.63, 3.8) is 0 Å². The minimum atomic E-state index is -0.529. The zero-order valence-electron chi connectivity index (χ0n) is 13.8. The van der Waals surface area contributed by atoms with E-state index in [-0.39, 0.29) is 30.5 Å². The molecule has 0 fully saturated rings. The number of nitro benzene ring substituents is 1. The van der Waals surface area contributed by atoms with Gasteiger partial charge in [-0.15, -0.1) is 0 Å². The van der Waals surface area contributed by atoms with Crippen molar-refractivity contribution < 1.29 is 14.5 Å². The van der Waals surface area contributed by atoms with Gasteiger partial charge in [-0.1, -0.05) is 19.1 Å². The topological polar surface area (TPSA) is 101 Å². The van der Waals surface area contributed by atoms with E-state index in [0.717, 1.165) is 6.42 Å². The molecule has 0 heterocycles. The largest absolute Gasteiger partial charge is 0.352 e. The molecule has 0 atom stereocenters. The van der Waals surface area contributed by atoms with Gasteiger partial charge in [0, 0.05) is 36.3 Å².